The number of rotatable bonds is 8. The normalized spacial score (nSPS) is 13.4. The number of aromatic amines is 1. The SMILES string of the molecule is CCOC(=O)c1ccc(Oc2c(CC)[nH]n3c(C(C)NS(=O)[O-])nnc23)cc1. The van der Waals surface area contributed by atoms with Gasteiger partial charge in [-0.25, -0.2) is 14.0 Å². The molecule has 3 rings (SSSR count). The number of aromatic nitrogens is 4. The molecule has 0 aliphatic rings. The van der Waals surface area contributed by atoms with Crippen LogP contribution in [0.3, 0.4) is 0 Å². The minimum atomic E-state index is -2.43. The van der Waals surface area contributed by atoms with Crippen molar-refractivity contribution in [1.82, 2.24) is 24.5 Å². The van der Waals surface area contributed by atoms with Crippen molar-refractivity contribution in [1.29, 1.82) is 0 Å². The van der Waals surface area contributed by atoms with Crippen LogP contribution in [0.5, 0.6) is 11.5 Å². The Balaban J connectivity index is 1.89. The van der Waals surface area contributed by atoms with Crippen molar-refractivity contribution in [3.8, 4) is 11.5 Å². The van der Waals surface area contributed by atoms with Crippen LogP contribution in [-0.2, 0) is 22.4 Å². The van der Waals surface area contributed by atoms with E-state index in [1.165, 1.54) is 0 Å². The number of nitrogens with one attached hydrogen (secondary N) is 2. The average Bonchev–Trinajstić information content (AvgIpc) is 3.21. The average molecular weight is 406 g/mol. The van der Waals surface area contributed by atoms with Crippen LogP contribution in [0, 0.1) is 0 Å². The molecule has 0 amide bonds. The zero-order chi connectivity index (χ0) is 20.3. The molecule has 0 saturated heterocycles. The molecule has 2 aromatic heterocycles. The van der Waals surface area contributed by atoms with E-state index in [4.69, 9.17) is 9.47 Å². The highest BCUT2D eigenvalue weighted by atomic mass is 32.2. The van der Waals surface area contributed by atoms with Gasteiger partial charge in [-0.1, -0.05) is 6.92 Å². The standard InChI is InChI=1S/C17H21N5O5S/c1-4-13-14(27-12-8-6-11(7-9-12)17(23)26-5-2)16-19-18-15(22(16)20-13)10(3)21-28(24)25/h6-10,20-21H,4-5H2,1-3H3,(H,24,25)/p-1. The summed E-state index contributed by atoms with van der Waals surface area (Å²) >= 11 is -2.43. The zero-order valence-electron chi connectivity index (χ0n) is 15.6. The molecule has 28 heavy (non-hydrogen) atoms. The maximum absolute atomic E-state index is 11.8. The van der Waals surface area contributed by atoms with Gasteiger partial charge in [0.25, 0.3) is 0 Å². The molecule has 0 spiro atoms. The first-order valence-electron chi connectivity index (χ1n) is 8.70. The van der Waals surface area contributed by atoms with Crippen LogP contribution < -0.4 is 9.46 Å². The summed E-state index contributed by atoms with van der Waals surface area (Å²) in [6, 6.07) is 5.99. The first kappa shape index (κ1) is 20.0. The van der Waals surface area contributed by atoms with Gasteiger partial charge in [0.05, 0.1) is 23.9 Å². The van der Waals surface area contributed by atoms with E-state index in [1.807, 2.05) is 6.92 Å². The number of nitrogens with zero attached hydrogens (tertiary/aromatic N) is 3. The lowest BCUT2D eigenvalue weighted by Gasteiger charge is -2.12. The summed E-state index contributed by atoms with van der Waals surface area (Å²) in [6.07, 6.45) is 0.633. The Labute approximate surface area is 163 Å². The fourth-order valence-electron chi connectivity index (χ4n) is 2.69. The third-order valence-electron chi connectivity index (χ3n) is 4.01. The van der Waals surface area contributed by atoms with Crippen LogP contribution in [0.2, 0.25) is 0 Å². The maximum atomic E-state index is 11.8. The molecule has 2 N–H and O–H groups in total. The molecule has 2 unspecified atom stereocenters. The van der Waals surface area contributed by atoms with Crippen LogP contribution in [0.15, 0.2) is 24.3 Å². The van der Waals surface area contributed by atoms with Crippen molar-refractivity contribution in [3.63, 3.8) is 0 Å². The van der Waals surface area contributed by atoms with Crippen molar-refractivity contribution < 1.29 is 23.0 Å². The van der Waals surface area contributed by atoms with E-state index in [9.17, 15) is 13.6 Å². The lowest BCUT2D eigenvalue weighted by atomic mass is 10.2. The van der Waals surface area contributed by atoms with Gasteiger partial charge in [-0.15, -0.1) is 10.2 Å². The van der Waals surface area contributed by atoms with E-state index in [2.05, 4.69) is 20.0 Å². The fraction of sp³-hybridized carbons (Fsp3) is 0.353. The van der Waals surface area contributed by atoms with Crippen molar-refractivity contribution in [2.45, 2.75) is 33.2 Å². The van der Waals surface area contributed by atoms with E-state index in [-0.39, 0.29) is 0 Å². The molecule has 10 nitrogen and oxygen atoms in total. The highest BCUT2D eigenvalue weighted by molar-refractivity contribution is 7.77. The van der Waals surface area contributed by atoms with Gasteiger partial charge in [-0.05, 0) is 44.5 Å². The number of ether oxygens (including phenoxy) is 2. The van der Waals surface area contributed by atoms with E-state index in [0.29, 0.717) is 41.6 Å². The minimum Gasteiger partial charge on any atom is -0.760 e. The van der Waals surface area contributed by atoms with Gasteiger partial charge in [0.15, 0.2) is 11.6 Å². The molecule has 0 aliphatic carbocycles. The molecule has 0 aliphatic heterocycles. The second-order valence-corrected chi connectivity index (χ2v) is 6.62. The second kappa shape index (κ2) is 8.50. The van der Waals surface area contributed by atoms with Crippen molar-refractivity contribution in [2.75, 3.05) is 6.61 Å². The number of hydrogen-bond acceptors (Lipinski definition) is 7. The molecule has 0 saturated carbocycles. The minimum absolute atomic E-state index is 0.306. The number of carbonyl (C=O) groups excluding carboxylic acids is 1. The van der Waals surface area contributed by atoms with Gasteiger partial charge in [0, 0.05) is 11.3 Å². The predicted molar refractivity (Wildman–Crippen MR) is 99.7 cm³/mol. The molecule has 0 radical (unpaired) electrons. The lowest BCUT2D eigenvalue weighted by molar-refractivity contribution is 0.0526. The molecular weight excluding hydrogens is 386 g/mol. The zero-order valence-corrected chi connectivity index (χ0v) is 16.4. The molecule has 2 heterocycles. The second-order valence-electron chi connectivity index (χ2n) is 5.91. The molecule has 0 fully saturated rings. The molecule has 0 bridgehead atoms. The molecule has 3 aromatic rings. The van der Waals surface area contributed by atoms with Crippen LogP contribution >= 0.6 is 0 Å². The number of carbonyl (C=O) groups is 1. The van der Waals surface area contributed by atoms with Gasteiger partial charge >= 0.3 is 5.97 Å². The third-order valence-corrected chi connectivity index (χ3v) is 4.56. The Morgan fingerprint density at radius 2 is 2.04 bits per heavy atom. The summed E-state index contributed by atoms with van der Waals surface area (Å²) in [5.74, 6) is 1.01. The summed E-state index contributed by atoms with van der Waals surface area (Å²) in [4.78, 5) is 11.8. The number of aryl methyl sites for hydroxylation is 1. The van der Waals surface area contributed by atoms with Gasteiger partial charge in [0.2, 0.25) is 5.65 Å². The van der Waals surface area contributed by atoms with Crippen molar-refractivity contribution in [3.05, 3.63) is 41.3 Å². The predicted octanol–water partition coefficient (Wildman–Crippen LogP) is 2.03. The summed E-state index contributed by atoms with van der Waals surface area (Å²) in [5, 5.41) is 11.3. The Morgan fingerprint density at radius 3 is 2.64 bits per heavy atom. The van der Waals surface area contributed by atoms with Crippen molar-refractivity contribution in [2.24, 2.45) is 0 Å². The van der Waals surface area contributed by atoms with Crippen LogP contribution in [0.1, 0.15) is 48.7 Å². The number of H-pyrrole nitrogens is 1. The molecular formula is C17H20N5O5S-. The summed E-state index contributed by atoms with van der Waals surface area (Å²) in [5.41, 5.74) is 1.64. The fourth-order valence-corrected chi connectivity index (χ4v) is 3.08. The monoisotopic (exact) mass is 406 g/mol. The summed E-state index contributed by atoms with van der Waals surface area (Å²) in [6.45, 7) is 5.66. The Bertz CT molecular complexity index is 997. The molecule has 150 valence electrons. The van der Waals surface area contributed by atoms with Gasteiger partial charge in [-0.3, -0.25) is 9.31 Å². The number of benzene rings is 1. The van der Waals surface area contributed by atoms with E-state index in [1.54, 1.807) is 42.6 Å². The third kappa shape index (κ3) is 4.06. The van der Waals surface area contributed by atoms with E-state index >= 15 is 0 Å². The first-order valence-corrected chi connectivity index (χ1v) is 9.78. The lowest BCUT2D eigenvalue weighted by Crippen LogP contribution is -2.22. The Morgan fingerprint density at radius 1 is 1.32 bits per heavy atom. The maximum Gasteiger partial charge on any atom is 0.338 e. The Hall–Kier alpha value is -2.76. The van der Waals surface area contributed by atoms with Gasteiger partial charge in [-0.2, -0.15) is 0 Å². The number of esters is 1. The number of fused-ring (bicyclic) bond motifs is 1. The summed E-state index contributed by atoms with van der Waals surface area (Å²) < 4.78 is 36.7. The van der Waals surface area contributed by atoms with Gasteiger partial charge in [0.1, 0.15) is 5.75 Å². The largest absolute Gasteiger partial charge is 0.760 e. The highest BCUT2D eigenvalue weighted by Gasteiger charge is 2.21. The van der Waals surface area contributed by atoms with Crippen molar-refractivity contribution >= 4 is 22.9 Å². The van der Waals surface area contributed by atoms with Crippen LogP contribution in [0.4, 0.5) is 0 Å². The highest BCUT2D eigenvalue weighted by Crippen LogP contribution is 2.31. The van der Waals surface area contributed by atoms with Gasteiger partial charge < -0.3 is 14.0 Å². The molecule has 1 aromatic carbocycles. The quantitative estimate of drug-likeness (QED) is 0.432. The first-order chi connectivity index (χ1) is 13.4. The summed E-state index contributed by atoms with van der Waals surface area (Å²) in [7, 11) is 0. The topological polar surface area (TPSA) is 134 Å². The van der Waals surface area contributed by atoms with Crippen LogP contribution in [-0.4, -0.2) is 41.1 Å². The van der Waals surface area contributed by atoms with Crippen LogP contribution in [0.25, 0.3) is 5.65 Å². The molecule has 11 heteroatoms. The Kier molecular flexibility index (Phi) is 6.07. The van der Waals surface area contributed by atoms with E-state index < -0.39 is 23.3 Å². The smallest absolute Gasteiger partial charge is 0.338 e. The van der Waals surface area contributed by atoms with E-state index in [0.717, 1.165) is 5.69 Å². The molecule has 2 atom stereocenters. The number of hydrogen-bond donors (Lipinski definition) is 2.